The van der Waals surface area contributed by atoms with Crippen molar-refractivity contribution in [3.8, 4) is 0 Å². The van der Waals surface area contributed by atoms with E-state index >= 15 is 0 Å². The lowest BCUT2D eigenvalue weighted by molar-refractivity contribution is 0.789. The molecule has 5 aromatic rings. The molecule has 0 amide bonds. The Morgan fingerprint density at radius 2 is 1.00 bits per heavy atom. The van der Waals surface area contributed by atoms with Crippen LogP contribution in [0.1, 0.15) is 0 Å². The normalized spacial score (nSPS) is 11.2. The molecule has 0 aliphatic carbocycles. The molecule has 150 valence electrons. The van der Waals surface area contributed by atoms with E-state index in [1.54, 1.807) is 9.13 Å². The van der Waals surface area contributed by atoms with E-state index in [4.69, 9.17) is 0 Å². The first-order chi connectivity index (χ1) is 14.7. The quantitative estimate of drug-likeness (QED) is 0.411. The summed E-state index contributed by atoms with van der Waals surface area (Å²) in [7, 11) is 0. The number of fused-ring (bicyclic) bond motifs is 2. The Morgan fingerprint density at radius 3 is 1.43 bits per heavy atom. The standard InChI is InChI=1S/C22H18N4O2S2/c27-21-25(17-5-1-3-7-19(17)29-21)13-23-15-9-11-16(12-10-15)24-14-26-18-6-2-4-8-20(18)30-22(26)28/h1-12,23-24H,13-14H2. The summed E-state index contributed by atoms with van der Waals surface area (Å²) in [5.41, 5.74) is 3.71. The molecule has 0 bridgehead atoms. The fraction of sp³-hybridized carbons (Fsp3) is 0.0909. The van der Waals surface area contributed by atoms with Gasteiger partial charge in [0.2, 0.25) is 0 Å². The SMILES string of the molecule is O=c1sc2ccccc2n1CNc1ccc(NCn2c(=O)sc3ccccc32)cc1. The molecule has 3 aromatic carbocycles. The Kier molecular flexibility index (Phi) is 4.86. The average molecular weight is 435 g/mol. The zero-order valence-corrected chi connectivity index (χ0v) is 17.5. The lowest BCUT2D eigenvalue weighted by atomic mass is 10.3. The number of hydrogen-bond acceptors (Lipinski definition) is 6. The molecule has 2 aromatic heterocycles. The van der Waals surface area contributed by atoms with Gasteiger partial charge in [0.15, 0.2) is 0 Å². The number of thiazole rings is 2. The van der Waals surface area contributed by atoms with Gasteiger partial charge in [0, 0.05) is 11.4 Å². The summed E-state index contributed by atoms with van der Waals surface area (Å²) < 4.78 is 5.45. The number of rotatable bonds is 6. The summed E-state index contributed by atoms with van der Waals surface area (Å²) in [4.78, 5) is 24.5. The number of nitrogens with zero attached hydrogens (tertiary/aromatic N) is 2. The predicted molar refractivity (Wildman–Crippen MR) is 126 cm³/mol. The lowest BCUT2D eigenvalue weighted by Gasteiger charge is -2.11. The first-order valence-corrected chi connectivity index (χ1v) is 11.1. The van der Waals surface area contributed by atoms with Crippen LogP contribution in [0.2, 0.25) is 0 Å². The molecule has 2 heterocycles. The van der Waals surface area contributed by atoms with Crippen molar-refractivity contribution in [3.05, 3.63) is 92.1 Å². The van der Waals surface area contributed by atoms with Crippen LogP contribution in [-0.4, -0.2) is 9.13 Å². The first kappa shape index (κ1) is 18.7. The number of hydrogen-bond donors (Lipinski definition) is 2. The van der Waals surface area contributed by atoms with Gasteiger partial charge in [-0.2, -0.15) is 0 Å². The number of para-hydroxylation sites is 2. The minimum atomic E-state index is 0.0235. The molecule has 0 aliphatic rings. The van der Waals surface area contributed by atoms with Crippen LogP contribution in [0, 0.1) is 0 Å². The second-order valence-electron chi connectivity index (χ2n) is 6.77. The number of anilines is 2. The highest BCUT2D eigenvalue weighted by atomic mass is 32.1. The topological polar surface area (TPSA) is 68.1 Å². The smallest absolute Gasteiger partial charge is 0.309 e. The van der Waals surface area contributed by atoms with E-state index in [9.17, 15) is 9.59 Å². The van der Waals surface area contributed by atoms with Gasteiger partial charge in [0.05, 0.1) is 33.8 Å². The van der Waals surface area contributed by atoms with Crippen molar-refractivity contribution in [2.24, 2.45) is 0 Å². The number of nitrogens with one attached hydrogen (secondary N) is 2. The van der Waals surface area contributed by atoms with Gasteiger partial charge in [0.25, 0.3) is 0 Å². The van der Waals surface area contributed by atoms with E-state index in [-0.39, 0.29) is 9.75 Å². The van der Waals surface area contributed by atoms with Crippen LogP contribution < -0.4 is 20.4 Å². The summed E-state index contributed by atoms with van der Waals surface area (Å²) >= 11 is 2.51. The van der Waals surface area contributed by atoms with Crippen molar-refractivity contribution in [2.75, 3.05) is 10.6 Å². The van der Waals surface area contributed by atoms with Gasteiger partial charge < -0.3 is 10.6 Å². The Bertz CT molecular complexity index is 1330. The minimum Gasteiger partial charge on any atom is -0.367 e. The largest absolute Gasteiger partial charge is 0.367 e. The molecule has 0 unspecified atom stereocenters. The molecular formula is C22H18N4O2S2. The van der Waals surface area contributed by atoms with Crippen LogP contribution in [0.15, 0.2) is 82.4 Å². The molecule has 0 fully saturated rings. The number of benzene rings is 3. The van der Waals surface area contributed by atoms with E-state index in [0.717, 1.165) is 31.8 Å². The lowest BCUT2D eigenvalue weighted by Crippen LogP contribution is -2.18. The maximum atomic E-state index is 12.2. The molecular weight excluding hydrogens is 416 g/mol. The van der Waals surface area contributed by atoms with Gasteiger partial charge in [-0.1, -0.05) is 46.9 Å². The molecule has 0 saturated carbocycles. The van der Waals surface area contributed by atoms with Crippen molar-refractivity contribution < 1.29 is 0 Å². The van der Waals surface area contributed by atoms with Gasteiger partial charge in [-0.3, -0.25) is 18.7 Å². The third kappa shape index (κ3) is 3.51. The summed E-state index contributed by atoms with van der Waals surface area (Å²) in [6, 6.07) is 23.4. The van der Waals surface area contributed by atoms with Crippen LogP contribution in [0.4, 0.5) is 11.4 Å². The van der Waals surface area contributed by atoms with Gasteiger partial charge in [-0.25, -0.2) is 0 Å². The van der Waals surface area contributed by atoms with E-state index in [0.29, 0.717) is 13.3 Å². The highest BCUT2D eigenvalue weighted by Crippen LogP contribution is 2.19. The van der Waals surface area contributed by atoms with Gasteiger partial charge >= 0.3 is 9.75 Å². The molecule has 2 N–H and O–H groups in total. The fourth-order valence-corrected chi connectivity index (χ4v) is 5.16. The summed E-state index contributed by atoms with van der Waals surface area (Å²) in [5, 5.41) is 6.60. The molecule has 0 aliphatic heterocycles. The highest BCUT2D eigenvalue weighted by molar-refractivity contribution is 7.16. The Morgan fingerprint density at radius 1 is 0.600 bits per heavy atom. The van der Waals surface area contributed by atoms with Crippen molar-refractivity contribution >= 4 is 54.5 Å². The molecule has 6 nitrogen and oxygen atoms in total. The Hall–Kier alpha value is -3.36. The fourth-order valence-electron chi connectivity index (χ4n) is 3.37. The van der Waals surface area contributed by atoms with Gasteiger partial charge in [-0.15, -0.1) is 0 Å². The molecule has 0 spiro atoms. The summed E-state index contributed by atoms with van der Waals surface area (Å²) in [6.45, 7) is 0.817. The molecule has 0 saturated heterocycles. The van der Waals surface area contributed by atoms with Gasteiger partial charge in [-0.05, 0) is 48.5 Å². The number of aromatic nitrogens is 2. The van der Waals surface area contributed by atoms with Crippen LogP contribution in [0.3, 0.4) is 0 Å². The van der Waals surface area contributed by atoms with Crippen LogP contribution >= 0.6 is 22.7 Å². The third-order valence-corrected chi connectivity index (χ3v) is 6.84. The second kappa shape index (κ2) is 7.81. The van der Waals surface area contributed by atoms with Crippen LogP contribution in [0.25, 0.3) is 20.4 Å². The van der Waals surface area contributed by atoms with E-state index in [1.807, 2.05) is 72.8 Å². The van der Waals surface area contributed by atoms with Crippen LogP contribution in [0.5, 0.6) is 0 Å². The minimum absolute atomic E-state index is 0.0235. The molecule has 0 atom stereocenters. The maximum Gasteiger partial charge on any atom is 0.309 e. The summed E-state index contributed by atoms with van der Waals surface area (Å²) in [6.07, 6.45) is 0. The molecule has 5 rings (SSSR count). The maximum absolute atomic E-state index is 12.2. The monoisotopic (exact) mass is 434 g/mol. The molecule has 8 heteroatoms. The van der Waals surface area contributed by atoms with Crippen molar-refractivity contribution in [1.29, 1.82) is 0 Å². The first-order valence-electron chi connectivity index (χ1n) is 9.43. The molecule has 30 heavy (non-hydrogen) atoms. The zero-order valence-electron chi connectivity index (χ0n) is 15.9. The van der Waals surface area contributed by atoms with Gasteiger partial charge in [0.1, 0.15) is 0 Å². The highest BCUT2D eigenvalue weighted by Gasteiger charge is 2.07. The van der Waals surface area contributed by atoms with Crippen molar-refractivity contribution in [2.45, 2.75) is 13.3 Å². The molecule has 0 radical (unpaired) electrons. The average Bonchev–Trinajstić information content (AvgIpc) is 3.26. The van der Waals surface area contributed by atoms with E-state index < -0.39 is 0 Å². The predicted octanol–water partition coefficient (Wildman–Crippen LogP) is 4.58. The third-order valence-electron chi connectivity index (χ3n) is 4.91. The van der Waals surface area contributed by atoms with E-state index in [1.165, 1.54) is 22.7 Å². The van der Waals surface area contributed by atoms with E-state index in [2.05, 4.69) is 10.6 Å². The summed E-state index contributed by atoms with van der Waals surface area (Å²) in [5.74, 6) is 0. The Labute approximate surface area is 179 Å². The van der Waals surface area contributed by atoms with Crippen molar-refractivity contribution in [1.82, 2.24) is 9.13 Å². The zero-order chi connectivity index (χ0) is 20.5. The van der Waals surface area contributed by atoms with Crippen molar-refractivity contribution in [3.63, 3.8) is 0 Å². The Balaban J connectivity index is 1.26. The van der Waals surface area contributed by atoms with Crippen LogP contribution in [-0.2, 0) is 13.3 Å². The second-order valence-corrected chi connectivity index (χ2v) is 8.76.